The summed E-state index contributed by atoms with van der Waals surface area (Å²) in [5.74, 6) is 0.888. The van der Waals surface area contributed by atoms with Gasteiger partial charge in [-0.05, 0) is 66.0 Å². The number of piperidine rings is 1. The maximum absolute atomic E-state index is 12.4. The van der Waals surface area contributed by atoms with E-state index in [4.69, 9.17) is 11.6 Å². The molecule has 1 aromatic carbocycles. The molecule has 2 aliphatic rings. The largest absolute Gasteiger partial charge is 0.335 e. The number of carbonyl (C=O) groups is 1. The van der Waals surface area contributed by atoms with Gasteiger partial charge in [0.2, 0.25) is 0 Å². The zero-order valence-corrected chi connectivity index (χ0v) is 12.2. The molecule has 2 nitrogen and oxygen atoms in total. The molecule has 0 N–H and O–H groups in total. The van der Waals surface area contributed by atoms with Crippen LogP contribution in [0, 0.1) is 9.49 Å². The lowest BCUT2D eigenvalue weighted by Gasteiger charge is -2.27. The molecular formula is C13H13ClINO. The monoisotopic (exact) mass is 361 g/mol. The van der Waals surface area contributed by atoms with E-state index in [1.807, 2.05) is 17.0 Å². The lowest BCUT2D eigenvalue weighted by Crippen LogP contribution is -2.37. The third-order valence-electron chi connectivity index (χ3n) is 3.84. The normalized spacial score (nSPS) is 26.6. The first-order valence-corrected chi connectivity index (χ1v) is 7.37. The minimum Gasteiger partial charge on any atom is -0.335 e. The standard InChI is InChI=1S/C13H13ClINO/c14-11-6-9(2-4-12(11)15)13(17)16-7-8-1-3-10(16)5-8/h2,4,6,8,10H,1,3,5,7H2. The fourth-order valence-electron chi connectivity index (χ4n) is 2.97. The van der Waals surface area contributed by atoms with E-state index in [0.717, 1.165) is 21.6 Å². The fraction of sp³-hybridized carbons (Fsp3) is 0.462. The van der Waals surface area contributed by atoms with Crippen molar-refractivity contribution in [2.24, 2.45) is 5.92 Å². The van der Waals surface area contributed by atoms with Crippen molar-refractivity contribution in [2.45, 2.75) is 25.3 Å². The highest BCUT2D eigenvalue weighted by molar-refractivity contribution is 14.1. The van der Waals surface area contributed by atoms with E-state index in [0.29, 0.717) is 11.1 Å². The van der Waals surface area contributed by atoms with E-state index in [9.17, 15) is 4.79 Å². The number of hydrogen-bond donors (Lipinski definition) is 0. The highest BCUT2D eigenvalue weighted by Gasteiger charge is 2.40. The van der Waals surface area contributed by atoms with Crippen LogP contribution in [0.2, 0.25) is 5.02 Å². The molecule has 1 heterocycles. The maximum atomic E-state index is 12.4. The molecule has 2 fully saturated rings. The van der Waals surface area contributed by atoms with Crippen LogP contribution in [0.4, 0.5) is 0 Å². The van der Waals surface area contributed by atoms with Gasteiger partial charge in [-0.3, -0.25) is 4.79 Å². The average molecular weight is 362 g/mol. The van der Waals surface area contributed by atoms with E-state index in [-0.39, 0.29) is 5.91 Å². The van der Waals surface area contributed by atoms with Crippen molar-refractivity contribution in [3.63, 3.8) is 0 Å². The Morgan fingerprint density at radius 2 is 2.24 bits per heavy atom. The van der Waals surface area contributed by atoms with Crippen LogP contribution in [-0.2, 0) is 0 Å². The lowest BCUT2D eigenvalue weighted by atomic mass is 10.1. The summed E-state index contributed by atoms with van der Waals surface area (Å²) in [4.78, 5) is 14.4. The summed E-state index contributed by atoms with van der Waals surface area (Å²) in [7, 11) is 0. The number of likely N-dealkylation sites (tertiary alicyclic amines) is 1. The first-order chi connectivity index (χ1) is 8.15. The van der Waals surface area contributed by atoms with Gasteiger partial charge in [0.25, 0.3) is 5.91 Å². The summed E-state index contributed by atoms with van der Waals surface area (Å²) in [6.07, 6.45) is 3.67. The highest BCUT2D eigenvalue weighted by Crippen LogP contribution is 2.38. The van der Waals surface area contributed by atoms with Crippen LogP contribution in [0.25, 0.3) is 0 Å². The number of rotatable bonds is 1. The summed E-state index contributed by atoms with van der Waals surface area (Å²) >= 11 is 8.24. The number of nitrogens with zero attached hydrogens (tertiary/aromatic N) is 1. The summed E-state index contributed by atoms with van der Waals surface area (Å²) in [5.41, 5.74) is 0.725. The van der Waals surface area contributed by atoms with Crippen molar-refractivity contribution in [1.29, 1.82) is 0 Å². The molecule has 1 saturated carbocycles. The molecule has 1 aliphatic carbocycles. The number of amides is 1. The van der Waals surface area contributed by atoms with Crippen molar-refractivity contribution in [3.05, 3.63) is 32.4 Å². The van der Waals surface area contributed by atoms with Crippen molar-refractivity contribution in [3.8, 4) is 0 Å². The SMILES string of the molecule is O=C(c1ccc(I)c(Cl)c1)N1CC2CCC1C2. The number of carbonyl (C=O) groups excluding carboxylic acids is 1. The third-order valence-corrected chi connectivity index (χ3v) is 5.41. The molecule has 1 saturated heterocycles. The van der Waals surface area contributed by atoms with Gasteiger partial charge in [0, 0.05) is 21.7 Å². The van der Waals surface area contributed by atoms with Crippen LogP contribution in [0.3, 0.4) is 0 Å². The summed E-state index contributed by atoms with van der Waals surface area (Å²) in [6.45, 7) is 0.938. The molecular weight excluding hydrogens is 349 g/mol. The van der Waals surface area contributed by atoms with Crippen LogP contribution in [0.15, 0.2) is 18.2 Å². The number of fused-ring (bicyclic) bond motifs is 2. The van der Waals surface area contributed by atoms with Crippen molar-refractivity contribution in [1.82, 2.24) is 4.90 Å². The van der Waals surface area contributed by atoms with E-state index in [2.05, 4.69) is 22.6 Å². The van der Waals surface area contributed by atoms with Crippen molar-refractivity contribution < 1.29 is 4.79 Å². The second kappa shape index (κ2) is 4.43. The summed E-state index contributed by atoms with van der Waals surface area (Å²) in [5, 5.41) is 0.667. The van der Waals surface area contributed by atoms with Crippen LogP contribution in [0.1, 0.15) is 29.6 Å². The Morgan fingerprint density at radius 1 is 1.41 bits per heavy atom. The van der Waals surface area contributed by atoms with E-state index in [1.54, 1.807) is 6.07 Å². The minimum absolute atomic E-state index is 0.149. The first-order valence-electron chi connectivity index (χ1n) is 5.91. The molecule has 3 rings (SSSR count). The van der Waals surface area contributed by atoms with E-state index in [1.165, 1.54) is 19.3 Å². The maximum Gasteiger partial charge on any atom is 0.254 e. The highest BCUT2D eigenvalue weighted by atomic mass is 127. The van der Waals surface area contributed by atoms with E-state index >= 15 is 0 Å². The molecule has 1 aromatic rings. The zero-order valence-electron chi connectivity index (χ0n) is 9.33. The molecule has 0 radical (unpaired) electrons. The van der Waals surface area contributed by atoms with Gasteiger partial charge in [-0.2, -0.15) is 0 Å². The quantitative estimate of drug-likeness (QED) is 0.700. The summed E-state index contributed by atoms with van der Waals surface area (Å²) in [6, 6.07) is 6.05. The van der Waals surface area contributed by atoms with Gasteiger partial charge < -0.3 is 4.90 Å². The Bertz CT molecular complexity index is 476. The predicted octanol–water partition coefficient (Wildman–Crippen LogP) is 3.57. The summed E-state index contributed by atoms with van der Waals surface area (Å²) < 4.78 is 0.990. The number of halogens is 2. The van der Waals surface area contributed by atoms with Crippen LogP contribution in [0.5, 0.6) is 0 Å². The minimum atomic E-state index is 0.149. The molecule has 4 heteroatoms. The molecule has 0 aromatic heterocycles. The number of benzene rings is 1. The predicted molar refractivity (Wildman–Crippen MR) is 76.3 cm³/mol. The van der Waals surface area contributed by atoms with Crippen molar-refractivity contribution in [2.75, 3.05) is 6.54 Å². The lowest BCUT2D eigenvalue weighted by molar-refractivity contribution is 0.0703. The van der Waals surface area contributed by atoms with Gasteiger partial charge in [-0.1, -0.05) is 11.6 Å². The van der Waals surface area contributed by atoms with Gasteiger partial charge >= 0.3 is 0 Å². The van der Waals surface area contributed by atoms with Crippen LogP contribution in [-0.4, -0.2) is 23.4 Å². The van der Waals surface area contributed by atoms with E-state index < -0.39 is 0 Å². The zero-order chi connectivity index (χ0) is 12.0. The van der Waals surface area contributed by atoms with Gasteiger partial charge in [-0.15, -0.1) is 0 Å². The third kappa shape index (κ3) is 2.08. The Hall–Kier alpha value is -0.290. The van der Waals surface area contributed by atoms with Gasteiger partial charge in [0.15, 0.2) is 0 Å². The Morgan fingerprint density at radius 3 is 2.82 bits per heavy atom. The van der Waals surface area contributed by atoms with Crippen LogP contribution < -0.4 is 0 Å². The second-order valence-electron chi connectivity index (χ2n) is 4.92. The molecule has 2 atom stereocenters. The Balaban J connectivity index is 1.84. The molecule has 2 unspecified atom stereocenters. The molecule has 1 aliphatic heterocycles. The molecule has 17 heavy (non-hydrogen) atoms. The molecule has 90 valence electrons. The number of hydrogen-bond acceptors (Lipinski definition) is 1. The fourth-order valence-corrected chi connectivity index (χ4v) is 3.48. The van der Waals surface area contributed by atoms with Crippen molar-refractivity contribution >= 4 is 40.1 Å². The van der Waals surface area contributed by atoms with Crippen LogP contribution >= 0.6 is 34.2 Å². The molecule has 2 bridgehead atoms. The molecule has 1 amide bonds. The first kappa shape index (κ1) is 11.8. The van der Waals surface area contributed by atoms with Gasteiger partial charge in [0.1, 0.15) is 0 Å². The van der Waals surface area contributed by atoms with Gasteiger partial charge in [-0.25, -0.2) is 0 Å². The Kier molecular flexibility index (Phi) is 3.07. The molecule has 0 spiro atoms. The second-order valence-corrected chi connectivity index (χ2v) is 6.49. The Labute approximate surface area is 119 Å². The smallest absolute Gasteiger partial charge is 0.254 e. The topological polar surface area (TPSA) is 20.3 Å². The van der Waals surface area contributed by atoms with Gasteiger partial charge in [0.05, 0.1) is 5.02 Å². The average Bonchev–Trinajstić information content (AvgIpc) is 2.93.